The standard InChI is InChI=1S/C27H27F2N3O3/c1-3-16-10-11-20-12-13-22(31-26(34)25(33)30-2)23(32(20)27(16)35)15-18-7-5-9-21(24(18)29)17-6-4-8-19(28)14-17/h4-11,14,22-23H,3,12-13,15H2,1-2H3,(H,30,33)(H,31,34). The molecule has 0 aliphatic carbocycles. The van der Waals surface area contributed by atoms with Crippen molar-refractivity contribution in [3.63, 3.8) is 0 Å². The lowest BCUT2D eigenvalue weighted by Gasteiger charge is -2.36. The molecule has 0 saturated carbocycles. The molecule has 1 aliphatic heterocycles. The summed E-state index contributed by atoms with van der Waals surface area (Å²) in [5, 5.41) is 5.03. The molecule has 1 aliphatic rings. The zero-order valence-corrected chi connectivity index (χ0v) is 19.6. The molecule has 1 aromatic heterocycles. The van der Waals surface area contributed by atoms with Crippen LogP contribution < -0.4 is 16.2 Å². The van der Waals surface area contributed by atoms with Crippen molar-refractivity contribution in [1.82, 2.24) is 15.2 Å². The third-order valence-corrected chi connectivity index (χ3v) is 6.56. The molecule has 2 aromatic carbocycles. The smallest absolute Gasteiger partial charge is 0.309 e. The lowest BCUT2D eigenvalue weighted by molar-refractivity contribution is -0.139. The SMILES string of the molecule is CCc1ccc2n(c1=O)C(Cc1cccc(-c3cccc(F)c3)c1F)C(NC(=O)C(=O)NC)CC2. The highest BCUT2D eigenvalue weighted by Crippen LogP contribution is 2.31. The second-order valence-electron chi connectivity index (χ2n) is 8.64. The van der Waals surface area contributed by atoms with Gasteiger partial charge in [-0.25, -0.2) is 8.78 Å². The van der Waals surface area contributed by atoms with Crippen LogP contribution in [0.25, 0.3) is 11.1 Å². The molecule has 0 radical (unpaired) electrons. The summed E-state index contributed by atoms with van der Waals surface area (Å²) >= 11 is 0. The molecule has 6 nitrogen and oxygen atoms in total. The van der Waals surface area contributed by atoms with Crippen LogP contribution in [-0.2, 0) is 28.9 Å². The van der Waals surface area contributed by atoms with E-state index >= 15 is 4.39 Å². The Morgan fingerprint density at radius 2 is 1.80 bits per heavy atom. The Bertz CT molecular complexity index is 1340. The first-order valence-electron chi connectivity index (χ1n) is 11.6. The average Bonchev–Trinajstić information content (AvgIpc) is 2.86. The molecule has 2 atom stereocenters. The summed E-state index contributed by atoms with van der Waals surface area (Å²) in [7, 11) is 1.36. The highest BCUT2D eigenvalue weighted by molar-refractivity contribution is 6.35. The minimum Gasteiger partial charge on any atom is -0.351 e. The van der Waals surface area contributed by atoms with Crippen LogP contribution in [-0.4, -0.2) is 29.5 Å². The quantitative estimate of drug-likeness (QED) is 0.551. The lowest BCUT2D eigenvalue weighted by Crippen LogP contribution is -2.51. The van der Waals surface area contributed by atoms with E-state index in [1.165, 1.54) is 25.2 Å². The van der Waals surface area contributed by atoms with Crippen molar-refractivity contribution < 1.29 is 18.4 Å². The maximum absolute atomic E-state index is 15.7. The molecule has 4 rings (SSSR count). The van der Waals surface area contributed by atoms with Gasteiger partial charge in [-0.15, -0.1) is 0 Å². The van der Waals surface area contributed by atoms with E-state index in [0.29, 0.717) is 36.0 Å². The summed E-state index contributed by atoms with van der Waals surface area (Å²) in [5.74, 6) is -2.58. The Hall–Kier alpha value is -3.81. The van der Waals surface area contributed by atoms with Crippen LogP contribution >= 0.6 is 0 Å². The highest BCUT2D eigenvalue weighted by atomic mass is 19.1. The molecule has 2 unspecified atom stereocenters. The second kappa shape index (κ2) is 10.2. The third-order valence-electron chi connectivity index (χ3n) is 6.56. The molecule has 0 bridgehead atoms. The van der Waals surface area contributed by atoms with Gasteiger partial charge in [-0.3, -0.25) is 14.4 Å². The molecule has 0 saturated heterocycles. The van der Waals surface area contributed by atoms with Crippen LogP contribution in [0.3, 0.4) is 0 Å². The maximum atomic E-state index is 15.7. The normalized spacial score (nSPS) is 16.9. The van der Waals surface area contributed by atoms with Crippen molar-refractivity contribution in [3.8, 4) is 11.1 Å². The zero-order valence-electron chi connectivity index (χ0n) is 19.6. The Balaban J connectivity index is 1.78. The molecule has 0 spiro atoms. The first kappa shape index (κ1) is 24.3. The van der Waals surface area contributed by atoms with Crippen LogP contribution in [0.1, 0.15) is 36.2 Å². The van der Waals surface area contributed by atoms with Gasteiger partial charge in [-0.2, -0.15) is 0 Å². The summed E-state index contributed by atoms with van der Waals surface area (Å²) < 4.78 is 31.1. The number of hydrogen-bond acceptors (Lipinski definition) is 3. The van der Waals surface area contributed by atoms with Crippen molar-refractivity contribution in [2.75, 3.05) is 7.05 Å². The highest BCUT2D eigenvalue weighted by Gasteiger charge is 2.33. The van der Waals surface area contributed by atoms with E-state index in [0.717, 1.165) is 5.69 Å². The van der Waals surface area contributed by atoms with E-state index in [9.17, 15) is 18.8 Å². The Kier molecular flexibility index (Phi) is 7.10. The second-order valence-corrected chi connectivity index (χ2v) is 8.64. The number of aromatic nitrogens is 1. The molecule has 35 heavy (non-hydrogen) atoms. The molecule has 8 heteroatoms. The van der Waals surface area contributed by atoms with Crippen LogP contribution in [0.15, 0.2) is 59.4 Å². The van der Waals surface area contributed by atoms with Crippen LogP contribution in [0.5, 0.6) is 0 Å². The Labute approximate surface area is 202 Å². The van der Waals surface area contributed by atoms with Crippen molar-refractivity contribution >= 4 is 11.8 Å². The van der Waals surface area contributed by atoms with Crippen LogP contribution in [0.4, 0.5) is 8.78 Å². The fraction of sp³-hybridized carbons (Fsp3) is 0.296. The van der Waals surface area contributed by atoms with Gasteiger partial charge in [0, 0.05) is 23.9 Å². The predicted octanol–water partition coefficient (Wildman–Crippen LogP) is 3.32. The van der Waals surface area contributed by atoms with Gasteiger partial charge in [0.25, 0.3) is 5.56 Å². The zero-order chi connectivity index (χ0) is 25.1. The molecule has 3 aromatic rings. The number of carbonyl (C=O) groups is 2. The van der Waals surface area contributed by atoms with E-state index in [-0.39, 0.29) is 17.5 Å². The van der Waals surface area contributed by atoms with Crippen molar-refractivity contribution in [2.24, 2.45) is 0 Å². The van der Waals surface area contributed by atoms with E-state index in [4.69, 9.17) is 0 Å². The number of hydrogen-bond donors (Lipinski definition) is 2. The fourth-order valence-electron chi connectivity index (χ4n) is 4.74. The monoisotopic (exact) mass is 479 g/mol. The van der Waals surface area contributed by atoms with Gasteiger partial charge in [0.1, 0.15) is 11.6 Å². The number of nitrogens with zero attached hydrogens (tertiary/aromatic N) is 1. The molecule has 0 fully saturated rings. The van der Waals surface area contributed by atoms with Crippen LogP contribution in [0, 0.1) is 11.6 Å². The summed E-state index contributed by atoms with van der Waals surface area (Å²) in [6.07, 6.45) is 1.65. The molecule has 2 amide bonds. The number of nitrogens with one attached hydrogen (secondary N) is 2. The third kappa shape index (κ3) is 4.87. The molecular weight excluding hydrogens is 452 g/mol. The number of carbonyl (C=O) groups excluding carboxylic acids is 2. The van der Waals surface area contributed by atoms with Gasteiger partial charge < -0.3 is 15.2 Å². The number of fused-ring (bicyclic) bond motifs is 1. The van der Waals surface area contributed by atoms with Gasteiger partial charge in [-0.05, 0) is 55.0 Å². The minimum atomic E-state index is -0.806. The predicted molar refractivity (Wildman–Crippen MR) is 129 cm³/mol. The summed E-state index contributed by atoms with van der Waals surface area (Å²) in [6, 6.07) is 13.1. The van der Waals surface area contributed by atoms with Crippen molar-refractivity contribution in [2.45, 2.75) is 44.7 Å². The summed E-state index contributed by atoms with van der Waals surface area (Å²) in [6.45, 7) is 1.88. The number of aryl methyl sites for hydroxylation is 2. The number of rotatable bonds is 5. The Morgan fingerprint density at radius 1 is 1.03 bits per heavy atom. The van der Waals surface area contributed by atoms with Crippen molar-refractivity contribution in [1.29, 1.82) is 0 Å². The average molecular weight is 480 g/mol. The van der Waals surface area contributed by atoms with Crippen LogP contribution in [0.2, 0.25) is 0 Å². The topological polar surface area (TPSA) is 80.2 Å². The van der Waals surface area contributed by atoms with E-state index in [1.807, 2.05) is 13.0 Å². The van der Waals surface area contributed by atoms with Crippen molar-refractivity contribution in [3.05, 3.63) is 93.4 Å². The van der Waals surface area contributed by atoms with Gasteiger partial charge in [0.15, 0.2) is 0 Å². The van der Waals surface area contributed by atoms with Gasteiger partial charge in [0.05, 0.1) is 12.1 Å². The van der Waals surface area contributed by atoms with E-state index in [1.54, 1.807) is 34.9 Å². The summed E-state index contributed by atoms with van der Waals surface area (Å²) in [4.78, 5) is 37.6. The van der Waals surface area contributed by atoms with Gasteiger partial charge >= 0.3 is 11.8 Å². The van der Waals surface area contributed by atoms with E-state index in [2.05, 4.69) is 10.6 Å². The molecule has 182 valence electrons. The Morgan fingerprint density at radius 3 is 2.51 bits per heavy atom. The van der Waals surface area contributed by atoms with Gasteiger partial charge in [0.2, 0.25) is 0 Å². The summed E-state index contributed by atoms with van der Waals surface area (Å²) in [5.41, 5.74) is 2.21. The number of likely N-dealkylation sites (N-methyl/N-ethyl adjacent to an activating group) is 1. The van der Waals surface area contributed by atoms with Gasteiger partial charge in [-0.1, -0.05) is 43.3 Å². The number of benzene rings is 2. The number of pyridine rings is 1. The fourth-order valence-corrected chi connectivity index (χ4v) is 4.74. The number of amides is 2. The lowest BCUT2D eigenvalue weighted by atomic mass is 9.89. The minimum absolute atomic E-state index is 0.105. The largest absolute Gasteiger partial charge is 0.351 e. The first-order valence-corrected chi connectivity index (χ1v) is 11.6. The first-order chi connectivity index (χ1) is 16.8. The van der Waals surface area contributed by atoms with E-state index < -0.39 is 35.5 Å². The molecule has 2 N–H and O–H groups in total. The molecule has 2 heterocycles. The molecular formula is C27H27F2N3O3. The number of halogens is 2. The maximum Gasteiger partial charge on any atom is 0.309 e.